The van der Waals surface area contributed by atoms with Gasteiger partial charge in [-0.3, -0.25) is 14.4 Å². The first kappa shape index (κ1) is 60.4. The molecule has 0 saturated carbocycles. The van der Waals surface area contributed by atoms with Crippen LogP contribution in [0.1, 0.15) is 278 Å². The van der Waals surface area contributed by atoms with Gasteiger partial charge in [-0.2, -0.15) is 0 Å². The highest BCUT2D eigenvalue weighted by molar-refractivity contribution is 5.71. The van der Waals surface area contributed by atoms with Gasteiger partial charge in [-0.05, 0) is 103 Å². The molecule has 0 aliphatic carbocycles. The fourth-order valence-electron chi connectivity index (χ4n) is 7.64. The zero-order chi connectivity index (χ0) is 45.8. The number of unbranched alkanes of at least 4 members (excludes halogenated alkanes) is 30. The standard InChI is InChI=1S/C57H102O6/c1-4-7-10-13-16-19-22-25-27-29-31-32-35-38-41-44-47-50-56(59)62-53-54(52-61-55(58)49-46-43-40-37-34-24-21-18-15-12-9-6-3)63-57(60)51-48-45-42-39-36-33-30-28-26-23-20-17-14-11-8-5-2/h18,20-21,23,25,27-28,30,54H,4-17,19,22,24,26,29,31-53H2,1-3H3/b21-18-,23-20-,27-25-,30-28-. The predicted octanol–water partition coefficient (Wildman–Crippen LogP) is 17.9. The maximum Gasteiger partial charge on any atom is 0.306 e. The van der Waals surface area contributed by atoms with Crippen molar-refractivity contribution < 1.29 is 28.6 Å². The molecule has 6 heteroatoms. The summed E-state index contributed by atoms with van der Waals surface area (Å²) in [6, 6.07) is 0. The lowest BCUT2D eigenvalue weighted by molar-refractivity contribution is -0.167. The fraction of sp³-hybridized carbons (Fsp3) is 0.807. The Morgan fingerprint density at radius 3 is 0.937 bits per heavy atom. The van der Waals surface area contributed by atoms with Crippen molar-refractivity contribution in [2.24, 2.45) is 0 Å². The van der Waals surface area contributed by atoms with Crippen molar-refractivity contribution in [3.05, 3.63) is 48.6 Å². The van der Waals surface area contributed by atoms with E-state index in [9.17, 15) is 14.4 Å². The minimum absolute atomic E-state index is 0.0828. The fourth-order valence-corrected chi connectivity index (χ4v) is 7.64. The van der Waals surface area contributed by atoms with E-state index in [2.05, 4.69) is 69.4 Å². The summed E-state index contributed by atoms with van der Waals surface area (Å²) in [6.07, 6.45) is 62.3. The van der Waals surface area contributed by atoms with Crippen LogP contribution in [-0.4, -0.2) is 37.2 Å². The second kappa shape index (κ2) is 52.0. The van der Waals surface area contributed by atoms with E-state index >= 15 is 0 Å². The maximum atomic E-state index is 12.8. The minimum Gasteiger partial charge on any atom is -0.462 e. The number of hydrogen-bond acceptors (Lipinski definition) is 6. The lowest BCUT2D eigenvalue weighted by atomic mass is 10.1. The van der Waals surface area contributed by atoms with Crippen molar-refractivity contribution in [1.29, 1.82) is 0 Å². The number of allylic oxidation sites excluding steroid dienone is 8. The predicted molar refractivity (Wildman–Crippen MR) is 270 cm³/mol. The van der Waals surface area contributed by atoms with Gasteiger partial charge in [0.1, 0.15) is 13.2 Å². The molecule has 0 N–H and O–H groups in total. The first-order valence-corrected chi connectivity index (χ1v) is 27.1. The molecule has 1 unspecified atom stereocenters. The molecule has 0 radical (unpaired) electrons. The van der Waals surface area contributed by atoms with Gasteiger partial charge in [0.2, 0.25) is 0 Å². The van der Waals surface area contributed by atoms with Gasteiger partial charge in [-0.25, -0.2) is 0 Å². The van der Waals surface area contributed by atoms with Crippen molar-refractivity contribution in [1.82, 2.24) is 0 Å². The van der Waals surface area contributed by atoms with Crippen LogP contribution in [0.2, 0.25) is 0 Å². The number of carbonyl (C=O) groups is 3. The first-order chi connectivity index (χ1) is 31.0. The summed E-state index contributed by atoms with van der Waals surface area (Å²) in [5.41, 5.74) is 0. The zero-order valence-corrected chi connectivity index (χ0v) is 41.8. The highest BCUT2D eigenvalue weighted by Gasteiger charge is 2.19. The lowest BCUT2D eigenvalue weighted by Crippen LogP contribution is -2.30. The summed E-state index contributed by atoms with van der Waals surface area (Å²) < 4.78 is 16.8. The molecule has 0 amide bonds. The first-order valence-electron chi connectivity index (χ1n) is 27.1. The Morgan fingerprint density at radius 1 is 0.317 bits per heavy atom. The van der Waals surface area contributed by atoms with E-state index < -0.39 is 6.10 Å². The summed E-state index contributed by atoms with van der Waals surface area (Å²) in [7, 11) is 0. The summed E-state index contributed by atoms with van der Waals surface area (Å²) in [4.78, 5) is 38.0. The van der Waals surface area contributed by atoms with E-state index in [0.29, 0.717) is 19.3 Å². The van der Waals surface area contributed by atoms with Crippen LogP contribution in [0.25, 0.3) is 0 Å². The van der Waals surface area contributed by atoms with E-state index in [0.717, 1.165) is 89.9 Å². The van der Waals surface area contributed by atoms with Crippen LogP contribution >= 0.6 is 0 Å². The second-order valence-corrected chi connectivity index (χ2v) is 18.1. The van der Waals surface area contributed by atoms with Gasteiger partial charge in [0, 0.05) is 19.3 Å². The third-order valence-electron chi connectivity index (χ3n) is 11.8. The van der Waals surface area contributed by atoms with Crippen molar-refractivity contribution in [2.45, 2.75) is 284 Å². The van der Waals surface area contributed by atoms with Gasteiger partial charge in [0.05, 0.1) is 0 Å². The Bertz CT molecular complexity index is 1110. The van der Waals surface area contributed by atoms with Crippen LogP contribution in [-0.2, 0) is 28.6 Å². The van der Waals surface area contributed by atoms with Gasteiger partial charge < -0.3 is 14.2 Å². The molecule has 0 bridgehead atoms. The van der Waals surface area contributed by atoms with Gasteiger partial charge in [0.25, 0.3) is 0 Å². The monoisotopic (exact) mass is 883 g/mol. The average Bonchev–Trinajstić information content (AvgIpc) is 3.28. The van der Waals surface area contributed by atoms with Crippen molar-refractivity contribution in [3.63, 3.8) is 0 Å². The Morgan fingerprint density at radius 2 is 0.571 bits per heavy atom. The van der Waals surface area contributed by atoms with E-state index in [1.54, 1.807) is 0 Å². The molecule has 0 heterocycles. The lowest BCUT2D eigenvalue weighted by Gasteiger charge is -2.18. The third kappa shape index (κ3) is 50.2. The van der Waals surface area contributed by atoms with Crippen molar-refractivity contribution >= 4 is 17.9 Å². The SMILES string of the molecule is CCCCC/C=C\CCCCCCCC(=O)OCC(COC(=O)CCCCCCCCC/C=C\CCCCCCCC)OC(=O)CCCCCCC/C=C\C/C=C\CCCCCC. The summed E-state index contributed by atoms with van der Waals surface area (Å²) >= 11 is 0. The highest BCUT2D eigenvalue weighted by atomic mass is 16.6. The van der Waals surface area contributed by atoms with E-state index in [4.69, 9.17) is 14.2 Å². The quantitative estimate of drug-likeness (QED) is 0.0262. The molecule has 0 aliphatic heterocycles. The number of ether oxygens (including phenoxy) is 3. The summed E-state index contributed by atoms with van der Waals surface area (Å²) in [5.74, 6) is -0.902. The molecule has 0 aliphatic rings. The van der Waals surface area contributed by atoms with Crippen LogP contribution in [0, 0.1) is 0 Å². The van der Waals surface area contributed by atoms with Crippen LogP contribution in [0.5, 0.6) is 0 Å². The van der Waals surface area contributed by atoms with Crippen molar-refractivity contribution in [3.8, 4) is 0 Å². The molecular formula is C57H102O6. The number of hydrogen-bond donors (Lipinski definition) is 0. The second-order valence-electron chi connectivity index (χ2n) is 18.1. The average molecular weight is 883 g/mol. The summed E-state index contributed by atoms with van der Waals surface area (Å²) in [5, 5.41) is 0. The van der Waals surface area contributed by atoms with Gasteiger partial charge in [0.15, 0.2) is 6.10 Å². The minimum atomic E-state index is -0.784. The molecular weight excluding hydrogens is 781 g/mol. The third-order valence-corrected chi connectivity index (χ3v) is 11.8. The Hall–Kier alpha value is -2.63. The molecule has 0 rings (SSSR count). The molecule has 0 aromatic heterocycles. The Labute approximate surface area is 390 Å². The van der Waals surface area contributed by atoms with E-state index in [1.807, 2.05) is 0 Å². The molecule has 366 valence electrons. The largest absolute Gasteiger partial charge is 0.462 e. The Kier molecular flexibility index (Phi) is 49.8. The van der Waals surface area contributed by atoms with Crippen LogP contribution < -0.4 is 0 Å². The maximum absolute atomic E-state index is 12.8. The van der Waals surface area contributed by atoms with Gasteiger partial charge in [-0.1, -0.05) is 204 Å². The smallest absolute Gasteiger partial charge is 0.306 e. The van der Waals surface area contributed by atoms with Gasteiger partial charge >= 0.3 is 17.9 Å². The van der Waals surface area contributed by atoms with E-state index in [1.165, 1.54) is 148 Å². The zero-order valence-electron chi connectivity index (χ0n) is 41.8. The number of rotatable bonds is 49. The highest BCUT2D eigenvalue weighted by Crippen LogP contribution is 2.14. The Balaban J connectivity index is 4.39. The van der Waals surface area contributed by atoms with Crippen LogP contribution in [0.4, 0.5) is 0 Å². The molecule has 0 aromatic rings. The molecule has 0 spiro atoms. The molecule has 0 aromatic carbocycles. The van der Waals surface area contributed by atoms with Gasteiger partial charge in [-0.15, -0.1) is 0 Å². The molecule has 0 saturated heterocycles. The van der Waals surface area contributed by atoms with E-state index in [-0.39, 0.29) is 31.1 Å². The number of esters is 3. The van der Waals surface area contributed by atoms with Crippen LogP contribution in [0.3, 0.4) is 0 Å². The molecule has 63 heavy (non-hydrogen) atoms. The van der Waals surface area contributed by atoms with Crippen molar-refractivity contribution in [2.75, 3.05) is 13.2 Å². The normalized spacial score (nSPS) is 12.4. The topological polar surface area (TPSA) is 78.9 Å². The molecule has 0 fully saturated rings. The number of carbonyl (C=O) groups excluding carboxylic acids is 3. The molecule has 6 nitrogen and oxygen atoms in total. The van der Waals surface area contributed by atoms with Crippen LogP contribution in [0.15, 0.2) is 48.6 Å². The summed E-state index contributed by atoms with van der Waals surface area (Å²) in [6.45, 7) is 6.59. The molecule has 1 atom stereocenters.